The number of benzene rings is 1. The van der Waals surface area contributed by atoms with E-state index in [-0.39, 0.29) is 5.57 Å². The number of hydrogen-bond acceptors (Lipinski definition) is 5. The molecule has 0 radical (unpaired) electrons. The summed E-state index contributed by atoms with van der Waals surface area (Å²) in [6.07, 6.45) is 0.323. The lowest BCUT2D eigenvalue weighted by molar-refractivity contribution is -0.148. The third-order valence-electron chi connectivity index (χ3n) is 3.09. The molecule has 0 aliphatic rings. The molecule has 0 aliphatic heterocycles. The summed E-state index contributed by atoms with van der Waals surface area (Å²) in [5.74, 6) is -1.97. The molecular weight excluding hydrogens is 347 g/mol. The van der Waals surface area contributed by atoms with Gasteiger partial charge >= 0.3 is 12.0 Å². The Labute approximate surface area is 147 Å². The number of primary amides is 1. The van der Waals surface area contributed by atoms with Crippen molar-refractivity contribution >= 4 is 40.9 Å². The van der Waals surface area contributed by atoms with Crippen molar-refractivity contribution in [2.75, 3.05) is 0 Å². The number of carbonyl (C=O) groups excluding carboxylic acids is 3. The Morgan fingerprint density at radius 1 is 1.24 bits per heavy atom. The number of amides is 3. The van der Waals surface area contributed by atoms with Crippen molar-refractivity contribution in [3.63, 3.8) is 0 Å². The summed E-state index contributed by atoms with van der Waals surface area (Å²) in [7, 11) is 0. The van der Waals surface area contributed by atoms with E-state index < -0.39 is 29.8 Å². The fourth-order valence-corrected chi connectivity index (χ4v) is 2.62. The van der Waals surface area contributed by atoms with Crippen LogP contribution in [0.15, 0.2) is 41.8 Å². The normalized spacial score (nSPS) is 12.3. The van der Waals surface area contributed by atoms with Gasteiger partial charge in [-0.2, -0.15) is 0 Å². The molecule has 2 rings (SSSR count). The number of carbonyl (C=O) groups is 3. The fraction of sp³-hybridized carbons (Fsp3) is 0.118. The van der Waals surface area contributed by atoms with Crippen LogP contribution in [0.3, 0.4) is 0 Å². The quantitative estimate of drug-likeness (QED) is 0.631. The van der Waals surface area contributed by atoms with Crippen molar-refractivity contribution in [3.8, 4) is 0 Å². The lowest BCUT2D eigenvalue weighted by atomic mass is 10.1. The zero-order valence-electron chi connectivity index (χ0n) is 13.2. The molecule has 1 atom stereocenters. The molecule has 2 aromatic rings. The molecule has 8 heteroatoms. The average molecular weight is 362 g/mol. The number of nitrogens with one attached hydrogen (secondary N) is 1. The van der Waals surface area contributed by atoms with Gasteiger partial charge in [0.25, 0.3) is 5.91 Å². The Hall–Kier alpha value is -3.00. The van der Waals surface area contributed by atoms with Gasteiger partial charge < -0.3 is 10.5 Å². The highest BCUT2D eigenvalue weighted by Crippen LogP contribution is 2.25. The third-order valence-corrected chi connectivity index (χ3v) is 3.99. The van der Waals surface area contributed by atoms with Gasteiger partial charge in [0.1, 0.15) is 5.82 Å². The smallest absolute Gasteiger partial charge is 0.340 e. The van der Waals surface area contributed by atoms with Crippen LogP contribution >= 0.6 is 11.3 Å². The van der Waals surface area contributed by atoms with E-state index in [4.69, 9.17) is 10.5 Å². The number of esters is 1. The van der Waals surface area contributed by atoms with Crippen molar-refractivity contribution in [1.82, 2.24) is 5.32 Å². The molecule has 0 saturated heterocycles. The van der Waals surface area contributed by atoms with Gasteiger partial charge in [-0.15, -0.1) is 11.3 Å². The van der Waals surface area contributed by atoms with Gasteiger partial charge in [0.15, 0.2) is 6.10 Å². The van der Waals surface area contributed by atoms with Crippen molar-refractivity contribution in [2.45, 2.75) is 13.0 Å². The number of ether oxygens (including phenoxy) is 1. The zero-order chi connectivity index (χ0) is 18.4. The maximum atomic E-state index is 13.0. The number of thiophene rings is 1. The van der Waals surface area contributed by atoms with E-state index in [0.717, 1.165) is 0 Å². The molecule has 3 amide bonds. The van der Waals surface area contributed by atoms with Crippen LogP contribution < -0.4 is 11.1 Å². The molecule has 0 bridgehead atoms. The van der Waals surface area contributed by atoms with E-state index in [1.54, 1.807) is 17.5 Å². The number of rotatable bonds is 5. The molecule has 0 unspecified atom stereocenters. The van der Waals surface area contributed by atoms with Gasteiger partial charge in [0.05, 0.1) is 5.57 Å². The molecule has 0 fully saturated rings. The van der Waals surface area contributed by atoms with Crippen LogP contribution in [-0.2, 0) is 14.3 Å². The first-order chi connectivity index (χ1) is 11.9. The molecule has 1 aromatic heterocycles. The maximum Gasteiger partial charge on any atom is 0.340 e. The number of hydrogen-bond donors (Lipinski definition) is 2. The van der Waals surface area contributed by atoms with Crippen LogP contribution in [0.4, 0.5) is 9.18 Å². The molecule has 1 heterocycles. The Kier molecular flexibility index (Phi) is 6.02. The molecule has 130 valence electrons. The van der Waals surface area contributed by atoms with E-state index in [1.165, 1.54) is 48.6 Å². The van der Waals surface area contributed by atoms with Crippen molar-refractivity contribution in [2.24, 2.45) is 5.73 Å². The Morgan fingerprint density at radius 2 is 1.92 bits per heavy atom. The molecule has 0 spiro atoms. The molecule has 6 nitrogen and oxygen atoms in total. The maximum absolute atomic E-state index is 13.0. The van der Waals surface area contributed by atoms with E-state index in [9.17, 15) is 18.8 Å². The minimum absolute atomic E-state index is 0.209. The SMILES string of the molecule is C[C@@H](OC(=O)/C(=C/c1ccc(F)cc1)c1cccs1)C(=O)NC(N)=O. The molecule has 3 N–H and O–H groups in total. The first kappa shape index (κ1) is 18.3. The lowest BCUT2D eigenvalue weighted by Gasteiger charge is -2.13. The molecule has 1 aromatic carbocycles. The van der Waals surface area contributed by atoms with Gasteiger partial charge in [-0.1, -0.05) is 18.2 Å². The minimum atomic E-state index is -1.21. The topological polar surface area (TPSA) is 98.5 Å². The summed E-state index contributed by atoms with van der Waals surface area (Å²) in [5, 5.41) is 3.62. The van der Waals surface area contributed by atoms with Crippen LogP contribution in [-0.4, -0.2) is 24.0 Å². The highest BCUT2D eigenvalue weighted by atomic mass is 32.1. The zero-order valence-corrected chi connectivity index (χ0v) is 14.0. The number of urea groups is 1. The van der Waals surface area contributed by atoms with Crippen LogP contribution in [0, 0.1) is 5.82 Å². The van der Waals surface area contributed by atoms with Gasteiger partial charge in [0.2, 0.25) is 0 Å². The number of nitrogens with two attached hydrogens (primary N) is 1. The molecule has 0 aliphatic carbocycles. The summed E-state index contributed by atoms with van der Waals surface area (Å²) >= 11 is 1.31. The van der Waals surface area contributed by atoms with Crippen LogP contribution in [0.25, 0.3) is 11.6 Å². The standard InChI is InChI=1S/C17H15FN2O4S/c1-10(15(21)20-17(19)23)24-16(22)13(14-3-2-8-25-14)9-11-4-6-12(18)7-5-11/h2-10H,1H3,(H3,19,20,21,23)/b13-9+/t10-/m1/s1. The number of imide groups is 1. The summed E-state index contributed by atoms with van der Waals surface area (Å²) in [6.45, 7) is 1.32. The minimum Gasteiger partial charge on any atom is -0.449 e. The second-order valence-electron chi connectivity index (χ2n) is 4.99. The first-order valence-corrected chi connectivity index (χ1v) is 8.07. The van der Waals surface area contributed by atoms with Crippen LogP contribution in [0.1, 0.15) is 17.4 Å². The van der Waals surface area contributed by atoms with Crippen molar-refractivity contribution in [1.29, 1.82) is 0 Å². The summed E-state index contributed by atoms with van der Waals surface area (Å²) in [6, 6.07) is 8.01. The predicted octanol–water partition coefficient (Wildman–Crippen LogP) is 2.55. The lowest BCUT2D eigenvalue weighted by Crippen LogP contribution is -2.42. The van der Waals surface area contributed by atoms with E-state index in [1.807, 2.05) is 5.32 Å². The Morgan fingerprint density at radius 3 is 2.48 bits per heavy atom. The van der Waals surface area contributed by atoms with E-state index in [2.05, 4.69) is 0 Å². The highest BCUT2D eigenvalue weighted by Gasteiger charge is 2.22. The van der Waals surface area contributed by atoms with Gasteiger partial charge in [-0.3, -0.25) is 10.1 Å². The van der Waals surface area contributed by atoms with Gasteiger partial charge in [-0.25, -0.2) is 14.0 Å². The third kappa shape index (κ3) is 5.25. The van der Waals surface area contributed by atoms with Crippen LogP contribution in [0.5, 0.6) is 0 Å². The highest BCUT2D eigenvalue weighted by molar-refractivity contribution is 7.11. The van der Waals surface area contributed by atoms with E-state index in [0.29, 0.717) is 10.4 Å². The summed E-state index contributed by atoms with van der Waals surface area (Å²) < 4.78 is 18.1. The molecular formula is C17H15FN2O4S. The first-order valence-electron chi connectivity index (χ1n) is 7.19. The Bertz CT molecular complexity index is 801. The molecule has 0 saturated carbocycles. The van der Waals surface area contributed by atoms with Crippen molar-refractivity contribution < 1.29 is 23.5 Å². The van der Waals surface area contributed by atoms with E-state index >= 15 is 0 Å². The summed E-state index contributed by atoms with van der Waals surface area (Å²) in [5.41, 5.74) is 5.66. The van der Waals surface area contributed by atoms with Gasteiger partial charge in [-0.05, 0) is 42.1 Å². The van der Waals surface area contributed by atoms with Crippen LogP contribution in [0.2, 0.25) is 0 Å². The monoisotopic (exact) mass is 362 g/mol. The summed E-state index contributed by atoms with van der Waals surface area (Å²) in [4.78, 5) is 35.4. The second kappa shape index (κ2) is 8.20. The largest absolute Gasteiger partial charge is 0.449 e. The van der Waals surface area contributed by atoms with Gasteiger partial charge in [0, 0.05) is 4.88 Å². The predicted molar refractivity (Wildman–Crippen MR) is 91.9 cm³/mol. The Balaban J connectivity index is 2.24. The fourth-order valence-electron chi connectivity index (χ4n) is 1.89. The molecule has 25 heavy (non-hydrogen) atoms. The van der Waals surface area contributed by atoms with Crippen molar-refractivity contribution in [3.05, 3.63) is 58.0 Å². The number of halogens is 1. The second-order valence-corrected chi connectivity index (χ2v) is 5.94. The average Bonchev–Trinajstić information content (AvgIpc) is 3.07.